The fourth-order valence-corrected chi connectivity index (χ4v) is 5.98. The van der Waals surface area contributed by atoms with Crippen molar-refractivity contribution in [2.45, 2.75) is 51.2 Å². The number of hydrogen-bond donors (Lipinski definition) is 1. The highest BCUT2D eigenvalue weighted by Crippen LogP contribution is 2.37. The van der Waals surface area contributed by atoms with E-state index in [4.69, 9.17) is 4.74 Å². The first-order chi connectivity index (χ1) is 15.6. The standard InChI is InChI=1S/C25H34N2O5S/c1-6-25(29)26(5)15-23-18(3)14-27(19(4)16-28)33(30,31)24-12-11-20(13-22(24)32-23)21-10-8-7-9-17(21)2/h7-13,18-19,23,28H,6,14-16H2,1-5H3/t18-,19-,23+/m1/s1. The average Bonchev–Trinajstić information content (AvgIpc) is 2.80. The molecule has 2 aromatic rings. The molecule has 0 aliphatic carbocycles. The summed E-state index contributed by atoms with van der Waals surface area (Å²) in [7, 11) is -2.17. The van der Waals surface area contributed by atoms with Crippen LogP contribution in [0.4, 0.5) is 0 Å². The van der Waals surface area contributed by atoms with Crippen molar-refractivity contribution in [1.82, 2.24) is 9.21 Å². The quantitative estimate of drug-likeness (QED) is 0.694. The Hall–Kier alpha value is -2.42. The van der Waals surface area contributed by atoms with E-state index in [1.54, 1.807) is 37.1 Å². The number of rotatable bonds is 6. The van der Waals surface area contributed by atoms with Gasteiger partial charge in [0.05, 0.1) is 13.2 Å². The van der Waals surface area contributed by atoms with Gasteiger partial charge in [0.25, 0.3) is 0 Å². The minimum atomic E-state index is -3.90. The molecular formula is C25H34N2O5S. The Kier molecular flexibility index (Phi) is 7.82. The lowest BCUT2D eigenvalue weighted by Crippen LogP contribution is -2.50. The molecule has 0 radical (unpaired) electrons. The van der Waals surface area contributed by atoms with Gasteiger partial charge in [0.15, 0.2) is 0 Å². The van der Waals surface area contributed by atoms with Crippen LogP contribution in [-0.4, -0.2) is 67.5 Å². The molecular weight excluding hydrogens is 440 g/mol. The minimum Gasteiger partial charge on any atom is -0.487 e. The van der Waals surface area contributed by atoms with E-state index in [0.717, 1.165) is 16.7 Å². The molecule has 1 amide bonds. The largest absolute Gasteiger partial charge is 0.487 e. The third-order valence-electron chi connectivity index (χ3n) is 6.31. The van der Waals surface area contributed by atoms with Crippen LogP contribution in [0.3, 0.4) is 0 Å². The Balaban J connectivity index is 2.14. The van der Waals surface area contributed by atoms with E-state index >= 15 is 0 Å². The summed E-state index contributed by atoms with van der Waals surface area (Å²) in [5, 5.41) is 9.76. The van der Waals surface area contributed by atoms with Crippen LogP contribution >= 0.6 is 0 Å². The summed E-state index contributed by atoms with van der Waals surface area (Å²) < 4.78 is 34.9. The smallest absolute Gasteiger partial charge is 0.247 e. The van der Waals surface area contributed by atoms with Crippen molar-refractivity contribution in [3.8, 4) is 16.9 Å². The summed E-state index contributed by atoms with van der Waals surface area (Å²) in [6, 6.07) is 12.4. The molecule has 1 heterocycles. The molecule has 180 valence electrons. The monoisotopic (exact) mass is 474 g/mol. The van der Waals surface area contributed by atoms with Crippen molar-refractivity contribution >= 4 is 15.9 Å². The summed E-state index contributed by atoms with van der Waals surface area (Å²) in [4.78, 5) is 13.9. The van der Waals surface area contributed by atoms with Crippen LogP contribution in [0.5, 0.6) is 5.75 Å². The Morgan fingerprint density at radius 3 is 2.61 bits per heavy atom. The predicted octanol–water partition coefficient (Wildman–Crippen LogP) is 3.30. The van der Waals surface area contributed by atoms with Crippen LogP contribution in [0.1, 0.15) is 32.8 Å². The van der Waals surface area contributed by atoms with Gasteiger partial charge in [-0.25, -0.2) is 8.42 Å². The van der Waals surface area contributed by atoms with E-state index in [9.17, 15) is 18.3 Å². The first-order valence-corrected chi connectivity index (χ1v) is 12.8. The number of hydrogen-bond acceptors (Lipinski definition) is 5. The second-order valence-electron chi connectivity index (χ2n) is 8.84. The van der Waals surface area contributed by atoms with Crippen molar-refractivity contribution in [3.63, 3.8) is 0 Å². The zero-order valence-corrected chi connectivity index (χ0v) is 20.8. The topological polar surface area (TPSA) is 87.2 Å². The molecule has 3 atom stereocenters. The van der Waals surface area contributed by atoms with E-state index in [0.29, 0.717) is 13.0 Å². The lowest BCUT2D eigenvalue weighted by Gasteiger charge is -2.37. The minimum absolute atomic E-state index is 0.00468. The zero-order valence-electron chi connectivity index (χ0n) is 20.0. The molecule has 33 heavy (non-hydrogen) atoms. The van der Waals surface area contributed by atoms with Crippen LogP contribution in [-0.2, 0) is 14.8 Å². The van der Waals surface area contributed by atoms with Gasteiger partial charge in [0, 0.05) is 32.0 Å². The first kappa shape index (κ1) is 25.2. The molecule has 7 nitrogen and oxygen atoms in total. The third-order valence-corrected chi connectivity index (χ3v) is 8.32. The van der Waals surface area contributed by atoms with Crippen LogP contribution in [0.2, 0.25) is 0 Å². The number of likely N-dealkylation sites (N-methyl/N-ethyl adjacent to an activating group) is 1. The molecule has 2 aromatic carbocycles. The number of aliphatic hydroxyl groups is 1. The molecule has 0 spiro atoms. The third kappa shape index (κ3) is 5.23. The summed E-state index contributed by atoms with van der Waals surface area (Å²) in [5.74, 6) is 0.0471. The van der Waals surface area contributed by atoms with Crippen molar-refractivity contribution < 1.29 is 23.1 Å². The highest BCUT2D eigenvalue weighted by molar-refractivity contribution is 7.89. The first-order valence-electron chi connectivity index (χ1n) is 11.3. The summed E-state index contributed by atoms with van der Waals surface area (Å²) in [6.07, 6.45) is -0.0338. The lowest BCUT2D eigenvalue weighted by atomic mass is 10.00. The number of amides is 1. The van der Waals surface area contributed by atoms with E-state index in [1.165, 1.54) is 4.31 Å². The number of sulfonamides is 1. The molecule has 1 N–H and O–H groups in total. The molecule has 3 rings (SSSR count). The maximum Gasteiger partial charge on any atom is 0.247 e. The molecule has 0 fully saturated rings. The van der Waals surface area contributed by atoms with Gasteiger partial charge in [-0.1, -0.05) is 44.2 Å². The normalized spacial score (nSPS) is 21.3. The Bertz CT molecular complexity index is 1100. The number of nitrogens with zero attached hydrogens (tertiary/aromatic N) is 2. The predicted molar refractivity (Wildman–Crippen MR) is 129 cm³/mol. The maximum absolute atomic E-state index is 13.6. The zero-order chi connectivity index (χ0) is 24.3. The van der Waals surface area contributed by atoms with Gasteiger partial charge < -0.3 is 14.7 Å². The van der Waals surface area contributed by atoms with Gasteiger partial charge in [-0.05, 0) is 42.7 Å². The molecule has 1 aliphatic rings. The summed E-state index contributed by atoms with van der Waals surface area (Å²) in [6.45, 7) is 7.65. The molecule has 0 saturated heterocycles. The number of carbonyl (C=O) groups excluding carboxylic acids is 1. The van der Waals surface area contributed by atoms with Gasteiger partial charge in [0.1, 0.15) is 16.7 Å². The van der Waals surface area contributed by atoms with E-state index in [1.807, 2.05) is 45.0 Å². The molecule has 0 unspecified atom stereocenters. The van der Waals surface area contributed by atoms with Crippen LogP contribution in [0.25, 0.3) is 11.1 Å². The Morgan fingerprint density at radius 2 is 1.97 bits per heavy atom. The van der Waals surface area contributed by atoms with Gasteiger partial charge in [0.2, 0.25) is 15.9 Å². The van der Waals surface area contributed by atoms with E-state index in [2.05, 4.69) is 0 Å². The van der Waals surface area contributed by atoms with E-state index in [-0.39, 0.29) is 35.6 Å². The number of fused-ring (bicyclic) bond motifs is 1. The highest BCUT2D eigenvalue weighted by Gasteiger charge is 2.38. The van der Waals surface area contributed by atoms with Gasteiger partial charge in [-0.2, -0.15) is 4.31 Å². The van der Waals surface area contributed by atoms with Crippen molar-refractivity contribution in [2.75, 3.05) is 26.7 Å². The fourth-order valence-electron chi connectivity index (χ4n) is 4.15. The number of benzene rings is 2. The lowest BCUT2D eigenvalue weighted by molar-refractivity contribution is -0.131. The van der Waals surface area contributed by atoms with Gasteiger partial charge in [-0.15, -0.1) is 0 Å². The van der Waals surface area contributed by atoms with Gasteiger partial charge in [-0.3, -0.25) is 4.79 Å². The number of ether oxygens (including phenoxy) is 1. The van der Waals surface area contributed by atoms with Gasteiger partial charge >= 0.3 is 0 Å². The number of aryl methyl sites for hydroxylation is 1. The Labute approximate surface area is 197 Å². The second kappa shape index (κ2) is 10.2. The SMILES string of the molecule is CCC(=O)N(C)C[C@@H]1Oc2cc(-c3ccccc3C)ccc2S(=O)(=O)N([C@H](C)CO)C[C@H]1C. The molecule has 1 aliphatic heterocycles. The number of carbonyl (C=O) groups is 1. The van der Waals surface area contributed by atoms with Crippen molar-refractivity contribution in [1.29, 1.82) is 0 Å². The average molecular weight is 475 g/mol. The maximum atomic E-state index is 13.6. The second-order valence-corrected chi connectivity index (χ2v) is 10.7. The molecule has 0 bridgehead atoms. The number of aliphatic hydroxyl groups excluding tert-OH is 1. The Morgan fingerprint density at radius 1 is 1.27 bits per heavy atom. The van der Waals surface area contributed by atoms with Crippen LogP contribution in [0, 0.1) is 12.8 Å². The van der Waals surface area contributed by atoms with E-state index < -0.39 is 22.2 Å². The summed E-state index contributed by atoms with van der Waals surface area (Å²) in [5.41, 5.74) is 2.92. The fraction of sp³-hybridized carbons (Fsp3) is 0.480. The van der Waals surface area contributed by atoms with Crippen molar-refractivity contribution in [3.05, 3.63) is 48.0 Å². The van der Waals surface area contributed by atoms with Crippen molar-refractivity contribution in [2.24, 2.45) is 5.92 Å². The van der Waals surface area contributed by atoms with Crippen LogP contribution in [0.15, 0.2) is 47.4 Å². The summed E-state index contributed by atoms with van der Waals surface area (Å²) >= 11 is 0. The highest BCUT2D eigenvalue weighted by atomic mass is 32.2. The van der Waals surface area contributed by atoms with Crippen LogP contribution < -0.4 is 4.74 Å². The molecule has 0 saturated carbocycles. The molecule has 0 aromatic heterocycles. The molecule has 8 heteroatoms.